The molecule has 0 saturated carbocycles. The van der Waals surface area contributed by atoms with Crippen molar-refractivity contribution in [2.45, 2.75) is 51.2 Å². The Labute approximate surface area is 212 Å². The zero-order valence-corrected chi connectivity index (χ0v) is 21.8. The van der Waals surface area contributed by atoms with E-state index in [2.05, 4.69) is 0 Å². The topological polar surface area (TPSA) is 68.6 Å². The van der Waals surface area contributed by atoms with Crippen molar-refractivity contribution in [3.63, 3.8) is 0 Å². The summed E-state index contributed by atoms with van der Waals surface area (Å²) in [5.41, 5.74) is 4.30. The van der Waals surface area contributed by atoms with Crippen LogP contribution in [0.3, 0.4) is 0 Å². The molecule has 0 unspecified atom stereocenters. The SMILES string of the molecule is Cc1ccc(S(=O)(=O)n2c(-c3ccccc3)c3c4c(cccc42)CN(C(=O)OC(C)(C)C)CC3)cc1. The lowest BCUT2D eigenvalue weighted by molar-refractivity contribution is 0.0239. The number of rotatable bonds is 3. The number of aryl methyl sites for hydroxylation is 1. The molecule has 0 bridgehead atoms. The molecule has 1 amide bonds. The average Bonchev–Trinajstić information content (AvgIpc) is 3.04. The van der Waals surface area contributed by atoms with E-state index in [-0.39, 0.29) is 11.0 Å². The number of hydrogen-bond acceptors (Lipinski definition) is 4. The third-order valence-corrected chi connectivity index (χ3v) is 8.12. The average molecular weight is 503 g/mol. The maximum absolute atomic E-state index is 14.1. The quantitative estimate of drug-likeness (QED) is 0.337. The third kappa shape index (κ3) is 4.28. The second kappa shape index (κ2) is 8.82. The van der Waals surface area contributed by atoms with Gasteiger partial charge in [0, 0.05) is 18.5 Å². The number of carbonyl (C=O) groups excluding carboxylic acids is 1. The maximum Gasteiger partial charge on any atom is 0.410 e. The van der Waals surface area contributed by atoms with Gasteiger partial charge in [-0.1, -0.05) is 60.2 Å². The first kappa shape index (κ1) is 24.1. The minimum Gasteiger partial charge on any atom is -0.444 e. The second-order valence-corrected chi connectivity index (χ2v) is 12.0. The Bertz CT molecular complexity index is 1550. The lowest BCUT2D eigenvalue weighted by Gasteiger charge is -2.27. The summed E-state index contributed by atoms with van der Waals surface area (Å²) in [6.45, 7) is 8.26. The van der Waals surface area contributed by atoms with Crippen LogP contribution in [0.5, 0.6) is 0 Å². The molecule has 2 heterocycles. The van der Waals surface area contributed by atoms with E-state index in [9.17, 15) is 13.2 Å². The Morgan fingerprint density at radius 3 is 2.28 bits per heavy atom. The lowest BCUT2D eigenvalue weighted by atomic mass is 10.0. The molecule has 0 aliphatic carbocycles. The molecule has 0 radical (unpaired) electrons. The monoisotopic (exact) mass is 502 g/mol. The molecule has 1 aliphatic heterocycles. The first-order valence-electron chi connectivity index (χ1n) is 12.1. The number of hydrogen-bond donors (Lipinski definition) is 0. The number of benzene rings is 3. The third-order valence-electron chi connectivity index (χ3n) is 6.39. The van der Waals surface area contributed by atoms with Crippen molar-refractivity contribution in [3.8, 4) is 11.3 Å². The maximum atomic E-state index is 14.1. The van der Waals surface area contributed by atoms with Crippen molar-refractivity contribution >= 4 is 27.0 Å². The van der Waals surface area contributed by atoms with Crippen LogP contribution >= 0.6 is 0 Å². The van der Waals surface area contributed by atoms with Crippen molar-refractivity contribution < 1.29 is 17.9 Å². The smallest absolute Gasteiger partial charge is 0.410 e. The normalized spacial score (nSPS) is 14.1. The van der Waals surface area contributed by atoms with Crippen molar-refractivity contribution in [1.29, 1.82) is 0 Å². The van der Waals surface area contributed by atoms with Gasteiger partial charge >= 0.3 is 6.09 Å². The van der Waals surface area contributed by atoms with E-state index in [0.717, 1.165) is 27.6 Å². The van der Waals surface area contributed by atoms with E-state index in [1.54, 1.807) is 17.0 Å². The molecule has 7 heteroatoms. The van der Waals surface area contributed by atoms with Crippen molar-refractivity contribution in [3.05, 3.63) is 89.5 Å². The molecule has 5 rings (SSSR count). The number of nitrogens with zero attached hydrogens (tertiary/aromatic N) is 2. The van der Waals surface area contributed by atoms with Crippen LogP contribution in [-0.2, 0) is 27.7 Å². The molecular formula is C29H30N2O4S. The van der Waals surface area contributed by atoms with E-state index >= 15 is 0 Å². The van der Waals surface area contributed by atoms with Gasteiger partial charge in [-0.05, 0) is 69.0 Å². The Hall–Kier alpha value is -3.58. The highest BCUT2D eigenvalue weighted by atomic mass is 32.2. The molecule has 0 N–H and O–H groups in total. The zero-order chi connectivity index (χ0) is 25.7. The highest BCUT2D eigenvalue weighted by Gasteiger charge is 2.32. The Morgan fingerprint density at radius 1 is 0.917 bits per heavy atom. The summed E-state index contributed by atoms with van der Waals surface area (Å²) in [6.07, 6.45) is 0.138. The Kier molecular flexibility index (Phi) is 5.91. The van der Waals surface area contributed by atoms with Crippen LogP contribution in [0.25, 0.3) is 22.2 Å². The fraction of sp³-hybridized carbons (Fsp3) is 0.276. The highest BCUT2D eigenvalue weighted by molar-refractivity contribution is 7.90. The van der Waals surface area contributed by atoms with Gasteiger partial charge in [0.15, 0.2) is 0 Å². The fourth-order valence-corrected chi connectivity index (χ4v) is 6.37. The van der Waals surface area contributed by atoms with Crippen LogP contribution in [0.4, 0.5) is 4.79 Å². The number of amides is 1. The van der Waals surface area contributed by atoms with Crippen LogP contribution in [-0.4, -0.2) is 35.5 Å². The van der Waals surface area contributed by atoms with Crippen LogP contribution in [0, 0.1) is 6.92 Å². The molecular weight excluding hydrogens is 472 g/mol. The van der Waals surface area contributed by atoms with E-state index in [1.165, 1.54) is 3.97 Å². The fourth-order valence-electron chi connectivity index (χ4n) is 4.81. The predicted octanol–water partition coefficient (Wildman–Crippen LogP) is 6.15. The molecule has 0 fully saturated rings. The lowest BCUT2D eigenvalue weighted by Crippen LogP contribution is -2.37. The molecule has 0 saturated heterocycles. The van der Waals surface area contributed by atoms with E-state index < -0.39 is 15.6 Å². The van der Waals surface area contributed by atoms with Gasteiger partial charge in [-0.3, -0.25) is 0 Å². The summed E-state index contributed by atoms with van der Waals surface area (Å²) in [4.78, 5) is 14.9. The minimum absolute atomic E-state index is 0.242. The summed E-state index contributed by atoms with van der Waals surface area (Å²) >= 11 is 0. The van der Waals surface area contributed by atoms with Crippen LogP contribution in [0.2, 0.25) is 0 Å². The minimum atomic E-state index is -3.89. The van der Waals surface area contributed by atoms with Gasteiger partial charge < -0.3 is 9.64 Å². The van der Waals surface area contributed by atoms with E-state index in [1.807, 2.05) is 88.4 Å². The number of ether oxygens (including phenoxy) is 1. The van der Waals surface area contributed by atoms with Gasteiger partial charge in [0.1, 0.15) is 5.60 Å². The van der Waals surface area contributed by atoms with E-state index in [4.69, 9.17) is 4.74 Å². The molecule has 4 aromatic rings. The molecule has 6 nitrogen and oxygen atoms in total. The van der Waals surface area contributed by atoms with Crippen LogP contribution in [0.1, 0.15) is 37.5 Å². The molecule has 3 aromatic carbocycles. The van der Waals surface area contributed by atoms with Gasteiger partial charge in [0.25, 0.3) is 10.0 Å². The Balaban J connectivity index is 1.75. The van der Waals surface area contributed by atoms with Gasteiger partial charge in [-0.15, -0.1) is 0 Å². The van der Waals surface area contributed by atoms with Gasteiger partial charge in [-0.2, -0.15) is 0 Å². The molecule has 186 valence electrons. The largest absolute Gasteiger partial charge is 0.444 e. The summed E-state index contributed by atoms with van der Waals surface area (Å²) in [7, 11) is -3.89. The van der Waals surface area contributed by atoms with Crippen LogP contribution < -0.4 is 0 Å². The number of aromatic nitrogens is 1. The summed E-state index contributed by atoms with van der Waals surface area (Å²) in [6, 6.07) is 22.2. The first-order valence-corrected chi connectivity index (χ1v) is 13.5. The van der Waals surface area contributed by atoms with Crippen molar-refractivity contribution in [2.24, 2.45) is 0 Å². The van der Waals surface area contributed by atoms with Crippen molar-refractivity contribution in [1.82, 2.24) is 8.87 Å². The second-order valence-electron chi connectivity index (χ2n) is 10.2. The molecule has 1 aromatic heterocycles. The Morgan fingerprint density at radius 2 is 1.61 bits per heavy atom. The van der Waals surface area contributed by atoms with Crippen LogP contribution in [0.15, 0.2) is 77.7 Å². The van der Waals surface area contributed by atoms with E-state index in [0.29, 0.717) is 30.7 Å². The van der Waals surface area contributed by atoms with Gasteiger partial charge in [-0.25, -0.2) is 17.2 Å². The van der Waals surface area contributed by atoms with Gasteiger partial charge in [0.05, 0.1) is 16.1 Å². The molecule has 0 atom stereocenters. The van der Waals surface area contributed by atoms with Crippen molar-refractivity contribution in [2.75, 3.05) is 6.54 Å². The molecule has 0 spiro atoms. The zero-order valence-electron chi connectivity index (χ0n) is 21.0. The summed E-state index contributed by atoms with van der Waals surface area (Å²) in [5, 5.41) is 0.887. The summed E-state index contributed by atoms with van der Waals surface area (Å²) in [5.74, 6) is 0. The number of carbonyl (C=O) groups is 1. The van der Waals surface area contributed by atoms with Gasteiger partial charge in [0.2, 0.25) is 0 Å². The first-order chi connectivity index (χ1) is 17.1. The molecule has 1 aliphatic rings. The highest BCUT2D eigenvalue weighted by Crippen LogP contribution is 2.40. The summed E-state index contributed by atoms with van der Waals surface area (Å²) < 4.78 is 35.4. The predicted molar refractivity (Wildman–Crippen MR) is 141 cm³/mol. The standard InChI is InChI=1S/C29H30N2O4S/c1-20-13-15-23(16-14-20)36(33,34)31-25-12-8-11-22-19-30(28(32)35-29(2,3)4)18-17-24(26(22)25)27(31)21-9-6-5-7-10-21/h5-16H,17-19H2,1-4H3. The molecule has 36 heavy (non-hydrogen) atoms.